The minimum absolute atomic E-state index is 0.198. The van der Waals surface area contributed by atoms with Gasteiger partial charge in [-0.1, -0.05) is 0 Å². The van der Waals surface area contributed by atoms with Crippen molar-refractivity contribution >= 4 is 19.7 Å². The third-order valence-corrected chi connectivity index (χ3v) is 2.47. The van der Waals surface area contributed by atoms with E-state index in [1.165, 1.54) is 6.92 Å². The van der Waals surface area contributed by atoms with Crippen LogP contribution in [0.1, 0.15) is 5.56 Å². The first-order valence-electron chi connectivity index (χ1n) is 2.98. The van der Waals surface area contributed by atoms with Crippen LogP contribution in [0.2, 0.25) is 0 Å². The SMILES string of the molecule is Cc1cc(S(=O)(=O)Cl)ncc1F. The monoisotopic (exact) mass is 209 g/mol. The number of pyridine rings is 1. The molecule has 0 unspecified atom stereocenters. The number of aromatic nitrogens is 1. The van der Waals surface area contributed by atoms with E-state index in [-0.39, 0.29) is 10.6 Å². The summed E-state index contributed by atoms with van der Waals surface area (Å²) in [5, 5.41) is -0.330. The van der Waals surface area contributed by atoms with Gasteiger partial charge in [0.2, 0.25) is 0 Å². The summed E-state index contributed by atoms with van der Waals surface area (Å²) in [6.07, 6.45) is 0.824. The van der Waals surface area contributed by atoms with Gasteiger partial charge >= 0.3 is 0 Å². The number of hydrogen-bond acceptors (Lipinski definition) is 3. The second-order valence-electron chi connectivity index (χ2n) is 2.21. The van der Waals surface area contributed by atoms with E-state index in [1.54, 1.807) is 0 Å². The standard InChI is InChI=1S/C6H5ClFNO2S/c1-4-2-6(12(7,10)11)9-3-5(4)8/h2-3H,1H3. The van der Waals surface area contributed by atoms with Crippen molar-refractivity contribution in [1.82, 2.24) is 4.98 Å². The van der Waals surface area contributed by atoms with Crippen LogP contribution in [0, 0.1) is 12.7 Å². The smallest absolute Gasteiger partial charge is 0.240 e. The van der Waals surface area contributed by atoms with Crippen molar-refractivity contribution in [2.45, 2.75) is 11.9 Å². The molecule has 1 rings (SSSR count). The van der Waals surface area contributed by atoms with Gasteiger partial charge < -0.3 is 0 Å². The van der Waals surface area contributed by atoms with Crippen molar-refractivity contribution in [2.75, 3.05) is 0 Å². The fourth-order valence-corrected chi connectivity index (χ4v) is 1.40. The average Bonchev–Trinajstić information content (AvgIpc) is 1.92. The summed E-state index contributed by atoms with van der Waals surface area (Å²) in [4.78, 5) is 3.32. The van der Waals surface area contributed by atoms with Gasteiger partial charge in [-0.25, -0.2) is 17.8 Å². The summed E-state index contributed by atoms with van der Waals surface area (Å²) in [5.41, 5.74) is 0.198. The van der Waals surface area contributed by atoms with Gasteiger partial charge in [0.05, 0.1) is 6.20 Å². The molecule has 1 aromatic rings. The predicted octanol–water partition coefficient (Wildman–Crippen LogP) is 1.46. The van der Waals surface area contributed by atoms with E-state index in [1.807, 2.05) is 0 Å². The Kier molecular flexibility index (Phi) is 2.34. The molecule has 0 saturated carbocycles. The number of nitrogens with zero attached hydrogens (tertiary/aromatic N) is 1. The van der Waals surface area contributed by atoms with Crippen LogP contribution in [0.4, 0.5) is 4.39 Å². The molecule has 0 fully saturated rings. The summed E-state index contributed by atoms with van der Waals surface area (Å²) in [5.74, 6) is -0.556. The average molecular weight is 210 g/mol. The molecule has 1 aromatic heterocycles. The zero-order valence-electron chi connectivity index (χ0n) is 6.08. The third-order valence-electron chi connectivity index (χ3n) is 1.27. The van der Waals surface area contributed by atoms with E-state index in [9.17, 15) is 12.8 Å². The molecule has 3 nitrogen and oxygen atoms in total. The molecule has 0 aliphatic heterocycles. The molecule has 0 atom stereocenters. The fourth-order valence-electron chi connectivity index (χ4n) is 0.647. The van der Waals surface area contributed by atoms with Crippen molar-refractivity contribution in [1.29, 1.82) is 0 Å². The van der Waals surface area contributed by atoms with Crippen molar-refractivity contribution in [2.24, 2.45) is 0 Å². The van der Waals surface area contributed by atoms with Gasteiger partial charge in [0.1, 0.15) is 5.82 Å². The first-order valence-corrected chi connectivity index (χ1v) is 5.29. The Hall–Kier alpha value is -0.680. The Balaban J connectivity index is 3.33. The molecule has 0 saturated heterocycles. The molecular weight excluding hydrogens is 205 g/mol. The van der Waals surface area contributed by atoms with Gasteiger partial charge in [0, 0.05) is 10.7 Å². The van der Waals surface area contributed by atoms with Crippen LogP contribution in [0.3, 0.4) is 0 Å². The molecule has 0 aliphatic carbocycles. The maximum absolute atomic E-state index is 12.6. The van der Waals surface area contributed by atoms with Crippen molar-refractivity contribution in [3.63, 3.8) is 0 Å². The maximum Gasteiger partial charge on any atom is 0.278 e. The maximum atomic E-state index is 12.6. The minimum Gasteiger partial charge on any atom is -0.240 e. The van der Waals surface area contributed by atoms with E-state index < -0.39 is 14.9 Å². The van der Waals surface area contributed by atoms with Crippen LogP contribution < -0.4 is 0 Å². The molecule has 0 bridgehead atoms. The molecule has 0 amide bonds. The van der Waals surface area contributed by atoms with Crippen LogP contribution >= 0.6 is 10.7 Å². The van der Waals surface area contributed by atoms with Gasteiger partial charge in [0.15, 0.2) is 5.03 Å². The first kappa shape index (κ1) is 9.41. The molecule has 0 spiro atoms. The molecular formula is C6H5ClFNO2S. The van der Waals surface area contributed by atoms with Crippen LogP contribution in [0.15, 0.2) is 17.3 Å². The molecule has 0 aliphatic rings. The summed E-state index contributed by atoms with van der Waals surface area (Å²) in [6.45, 7) is 1.43. The first-order chi connectivity index (χ1) is 5.41. The van der Waals surface area contributed by atoms with Crippen LogP contribution in [0.5, 0.6) is 0 Å². The molecule has 6 heteroatoms. The lowest BCUT2D eigenvalue weighted by Crippen LogP contribution is -1.96. The van der Waals surface area contributed by atoms with Gasteiger partial charge in [-0.2, -0.15) is 0 Å². The molecule has 66 valence electrons. The van der Waals surface area contributed by atoms with Gasteiger partial charge in [-0.15, -0.1) is 0 Å². The minimum atomic E-state index is -3.85. The highest BCUT2D eigenvalue weighted by atomic mass is 35.7. The lowest BCUT2D eigenvalue weighted by Gasteiger charge is -1.97. The summed E-state index contributed by atoms with van der Waals surface area (Å²) in [6, 6.07) is 1.08. The third kappa shape index (κ3) is 1.92. The normalized spacial score (nSPS) is 11.6. The summed E-state index contributed by atoms with van der Waals surface area (Å²) >= 11 is 0. The summed E-state index contributed by atoms with van der Waals surface area (Å²) in [7, 11) is 1.12. The Morgan fingerprint density at radius 2 is 2.17 bits per heavy atom. The number of rotatable bonds is 1. The van der Waals surface area contributed by atoms with E-state index >= 15 is 0 Å². The van der Waals surface area contributed by atoms with E-state index in [0.717, 1.165) is 12.3 Å². The molecule has 0 radical (unpaired) electrons. The molecule has 0 aromatic carbocycles. The van der Waals surface area contributed by atoms with Gasteiger partial charge in [-0.05, 0) is 18.6 Å². The Morgan fingerprint density at radius 1 is 1.58 bits per heavy atom. The van der Waals surface area contributed by atoms with Gasteiger partial charge in [0.25, 0.3) is 9.05 Å². The summed E-state index contributed by atoms with van der Waals surface area (Å²) < 4.78 is 33.9. The van der Waals surface area contributed by atoms with Crippen molar-refractivity contribution < 1.29 is 12.8 Å². The largest absolute Gasteiger partial charge is 0.278 e. The highest BCUT2D eigenvalue weighted by molar-refractivity contribution is 8.13. The Labute approximate surface area is 73.6 Å². The highest BCUT2D eigenvalue weighted by Crippen LogP contribution is 2.14. The van der Waals surface area contributed by atoms with Crippen molar-refractivity contribution in [3.8, 4) is 0 Å². The number of hydrogen-bond donors (Lipinski definition) is 0. The highest BCUT2D eigenvalue weighted by Gasteiger charge is 2.12. The van der Waals surface area contributed by atoms with E-state index in [2.05, 4.69) is 4.98 Å². The lowest BCUT2D eigenvalue weighted by molar-refractivity contribution is 0.595. The number of aryl methyl sites for hydroxylation is 1. The quantitative estimate of drug-likeness (QED) is 0.658. The molecule has 0 N–H and O–H groups in total. The molecule has 12 heavy (non-hydrogen) atoms. The van der Waals surface area contributed by atoms with Crippen molar-refractivity contribution in [3.05, 3.63) is 23.6 Å². The zero-order valence-corrected chi connectivity index (χ0v) is 7.66. The second-order valence-corrected chi connectivity index (χ2v) is 4.72. The lowest BCUT2D eigenvalue weighted by atomic mass is 10.3. The van der Waals surface area contributed by atoms with Gasteiger partial charge in [-0.3, -0.25) is 0 Å². The topological polar surface area (TPSA) is 47.0 Å². The van der Waals surface area contributed by atoms with E-state index in [4.69, 9.17) is 10.7 Å². The van der Waals surface area contributed by atoms with Crippen LogP contribution in [-0.4, -0.2) is 13.4 Å². The fraction of sp³-hybridized carbons (Fsp3) is 0.167. The number of halogens is 2. The molecule has 1 heterocycles. The van der Waals surface area contributed by atoms with Crippen LogP contribution in [-0.2, 0) is 9.05 Å². The Morgan fingerprint density at radius 3 is 2.58 bits per heavy atom. The zero-order chi connectivity index (χ0) is 9.35. The van der Waals surface area contributed by atoms with Crippen LogP contribution in [0.25, 0.3) is 0 Å². The Bertz CT molecular complexity index is 404. The second kappa shape index (κ2) is 2.99. The van der Waals surface area contributed by atoms with E-state index in [0.29, 0.717) is 0 Å². The predicted molar refractivity (Wildman–Crippen MR) is 42.0 cm³/mol.